The van der Waals surface area contributed by atoms with Crippen LogP contribution in [-0.4, -0.2) is 25.5 Å². The van der Waals surface area contributed by atoms with Gasteiger partial charge >= 0.3 is 0 Å². The molecule has 6 heteroatoms. The molecule has 0 fully saturated rings. The lowest BCUT2D eigenvalue weighted by atomic mass is 10.2. The normalized spacial score (nSPS) is 9.59. The molecule has 0 heterocycles. The lowest BCUT2D eigenvalue weighted by Crippen LogP contribution is -2.32. The molecule has 0 atom stereocenters. The molecule has 0 bridgehead atoms. The molecule has 0 aliphatic heterocycles. The first kappa shape index (κ1) is 16.6. The van der Waals surface area contributed by atoms with E-state index in [4.69, 9.17) is 0 Å². The van der Waals surface area contributed by atoms with Gasteiger partial charge in [-0.15, -0.1) is 12.4 Å². The molecule has 1 aromatic rings. The summed E-state index contributed by atoms with van der Waals surface area (Å²) in [5, 5.41) is 5.87. The van der Waals surface area contributed by atoms with Gasteiger partial charge in [0, 0.05) is 16.7 Å². The van der Waals surface area contributed by atoms with Crippen LogP contribution in [0.4, 0.5) is 4.39 Å². The Bertz CT molecular complexity index is 376. The van der Waals surface area contributed by atoms with E-state index < -0.39 is 0 Å². The largest absolute Gasteiger partial charge is 0.351 e. The number of benzene rings is 1. The van der Waals surface area contributed by atoms with Crippen LogP contribution >= 0.6 is 35.0 Å². The highest BCUT2D eigenvalue weighted by molar-refractivity contribution is 14.1. The van der Waals surface area contributed by atoms with Crippen molar-refractivity contribution >= 4 is 40.9 Å². The summed E-state index contributed by atoms with van der Waals surface area (Å²) in [6, 6.07) is 4.14. The van der Waals surface area contributed by atoms with Gasteiger partial charge in [0.1, 0.15) is 5.82 Å². The second-order valence-corrected chi connectivity index (χ2v) is 4.40. The van der Waals surface area contributed by atoms with E-state index in [0.717, 1.165) is 13.1 Å². The molecule has 96 valence electrons. The number of hydrogen-bond donors (Lipinski definition) is 2. The van der Waals surface area contributed by atoms with Gasteiger partial charge < -0.3 is 10.6 Å². The molecule has 1 rings (SSSR count). The van der Waals surface area contributed by atoms with E-state index in [-0.39, 0.29) is 24.1 Å². The molecule has 0 unspecified atom stereocenters. The average molecular weight is 373 g/mol. The van der Waals surface area contributed by atoms with Crippen molar-refractivity contribution in [1.29, 1.82) is 0 Å². The van der Waals surface area contributed by atoms with Crippen LogP contribution < -0.4 is 10.6 Å². The van der Waals surface area contributed by atoms with Crippen molar-refractivity contribution in [2.75, 3.05) is 19.6 Å². The summed E-state index contributed by atoms with van der Waals surface area (Å²) in [5.74, 6) is -0.490. The average Bonchev–Trinajstić information content (AvgIpc) is 2.24. The standard InChI is InChI=1S/C11H14FIN2O.ClH/c1-2-14-5-6-15-11(16)9-4-3-8(12)7-10(9)13;/h3-4,7,14H,2,5-6H2,1H3,(H,15,16);1H. The number of likely N-dealkylation sites (N-methyl/N-ethyl adjacent to an activating group) is 1. The Kier molecular flexibility index (Phi) is 8.45. The monoisotopic (exact) mass is 372 g/mol. The van der Waals surface area contributed by atoms with Crippen molar-refractivity contribution in [3.63, 3.8) is 0 Å². The zero-order chi connectivity index (χ0) is 12.0. The van der Waals surface area contributed by atoms with E-state index in [1.54, 1.807) is 0 Å². The SMILES string of the molecule is CCNCCNC(=O)c1ccc(F)cc1I.Cl. The van der Waals surface area contributed by atoms with Crippen LogP contribution in [0.3, 0.4) is 0 Å². The first-order valence-electron chi connectivity index (χ1n) is 5.09. The quantitative estimate of drug-likeness (QED) is 0.614. The molecule has 1 aromatic carbocycles. The highest BCUT2D eigenvalue weighted by atomic mass is 127. The highest BCUT2D eigenvalue weighted by Gasteiger charge is 2.09. The number of rotatable bonds is 5. The van der Waals surface area contributed by atoms with Crippen LogP contribution in [0.5, 0.6) is 0 Å². The summed E-state index contributed by atoms with van der Waals surface area (Å²) in [6.07, 6.45) is 0. The molecule has 0 aliphatic carbocycles. The topological polar surface area (TPSA) is 41.1 Å². The van der Waals surface area contributed by atoms with Crippen LogP contribution in [0.25, 0.3) is 0 Å². The lowest BCUT2D eigenvalue weighted by molar-refractivity contribution is 0.0953. The van der Waals surface area contributed by atoms with E-state index in [0.29, 0.717) is 15.7 Å². The fourth-order valence-corrected chi connectivity index (χ4v) is 1.93. The minimum absolute atomic E-state index is 0. The molecular weight excluding hydrogens is 357 g/mol. The zero-order valence-electron chi connectivity index (χ0n) is 9.43. The number of nitrogens with one attached hydrogen (secondary N) is 2. The Morgan fingerprint density at radius 2 is 2.12 bits per heavy atom. The summed E-state index contributed by atoms with van der Waals surface area (Å²) in [4.78, 5) is 11.7. The Morgan fingerprint density at radius 3 is 2.71 bits per heavy atom. The minimum Gasteiger partial charge on any atom is -0.351 e. The molecule has 17 heavy (non-hydrogen) atoms. The molecule has 1 amide bonds. The molecule has 0 spiro atoms. The van der Waals surface area contributed by atoms with Gasteiger partial charge in [-0.25, -0.2) is 4.39 Å². The van der Waals surface area contributed by atoms with E-state index in [9.17, 15) is 9.18 Å². The van der Waals surface area contributed by atoms with Gasteiger partial charge in [-0.1, -0.05) is 6.92 Å². The van der Waals surface area contributed by atoms with Crippen LogP contribution in [0.1, 0.15) is 17.3 Å². The predicted molar refractivity (Wildman–Crippen MR) is 77.2 cm³/mol. The Hall–Kier alpha value is -0.400. The maximum absolute atomic E-state index is 12.8. The summed E-state index contributed by atoms with van der Waals surface area (Å²) >= 11 is 1.95. The molecule has 3 nitrogen and oxygen atoms in total. The molecule has 0 aliphatic rings. The molecule has 0 saturated carbocycles. The fourth-order valence-electron chi connectivity index (χ4n) is 1.21. The van der Waals surface area contributed by atoms with Crippen molar-refractivity contribution in [2.24, 2.45) is 0 Å². The smallest absolute Gasteiger partial charge is 0.252 e. The van der Waals surface area contributed by atoms with Gasteiger partial charge in [-0.05, 0) is 47.3 Å². The Balaban J connectivity index is 0.00000256. The predicted octanol–water partition coefficient (Wildman–Crippen LogP) is 2.19. The number of carbonyl (C=O) groups is 1. The van der Waals surface area contributed by atoms with Gasteiger partial charge in [0.25, 0.3) is 5.91 Å². The first-order valence-corrected chi connectivity index (χ1v) is 6.17. The number of halogens is 3. The fraction of sp³-hybridized carbons (Fsp3) is 0.364. The van der Waals surface area contributed by atoms with E-state index in [2.05, 4.69) is 10.6 Å². The van der Waals surface area contributed by atoms with Crippen molar-refractivity contribution < 1.29 is 9.18 Å². The summed E-state index contributed by atoms with van der Waals surface area (Å²) < 4.78 is 13.4. The number of amides is 1. The van der Waals surface area contributed by atoms with Gasteiger partial charge in [0.15, 0.2) is 0 Å². The van der Waals surface area contributed by atoms with Gasteiger partial charge in [-0.3, -0.25) is 4.79 Å². The van der Waals surface area contributed by atoms with Gasteiger partial charge in [0.05, 0.1) is 5.56 Å². The molecule has 0 radical (unpaired) electrons. The lowest BCUT2D eigenvalue weighted by Gasteiger charge is -2.07. The summed E-state index contributed by atoms with van der Waals surface area (Å²) in [5.41, 5.74) is 0.512. The van der Waals surface area contributed by atoms with Crippen molar-refractivity contribution in [1.82, 2.24) is 10.6 Å². The second-order valence-electron chi connectivity index (χ2n) is 3.23. The van der Waals surface area contributed by atoms with E-state index >= 15 is 0 Å². The van der Waals surface area contributed by atoms with Crippen molar-refractivity contribution in [3.8, 4) is 0 Å². The maximum atomic E-state index is 12.8. The molecule has 2 N–H and O–H groups in total. The second kappa shape index (κ2) is 8.66. The van der Waals surface area contributed by atoms with E-state index in [1.165, 1.54) is 18.2 Å². The maximum Gasteiger partial charge on any atom is 0.252 e. The molecular formula is C11H15ClFIN2O. The van der Waals surface area contributed by atoms with Crippen LogP contribution in [0.15, 0.2) is 18.2 Å². The van der Waals surface area contributed by atoms with Gasteiger partial charge in [-0.2, -0.15) is 0 Å². The van der Waals surface area contributed by atoms with Crippen LogP contribution in [0.2, 0.25) is 0 Å². The third kappa shape index (κ3) is 5.65. The third-order valence-corrected chi connectivity index (χ3v) is 2.91. The number of hydrogen-bond acceptors (Lipinski definition) is 2. The Labute approximate surface area is 120 Å². The van der Waals surface area contributed by atoms with Crippen molar-refractivity contribution in [3.05, 3.63) is 33.1 Å². The molecule has 0 saturated heterocycles. The van der Waals surface area contributed by atoms with E-state index in [1.807, 2.05) is 29.5 Å². The molecule has 0 aromatic heterocycles. The number of carbonyl (C=O) groups excluding carboxylic acids is 1. The van der Waals surface area contributed by atoms with Crippen LogP contribution in [-0.2, 0) is 0 Å². The summed E-state index contributed by atoms with van der Waals surface area (Å²) in [6.45, 7) is 4.19. The summed E-state index contributed by atoms with van der Waals surface area (Å²) in [7, 11) is 0. The van der Waals surface area contributed by atoms with Gasteiger partial charge in [0.2, 0.25) is 0 Å². The van der Waals surface area contributed by atoms with Crippen molar-refractivity contribution in [2.45, 2.75) is 6.92 Å². The highest BCUT2D eigenvalue weighted by Crippen LogP contribution is 2.13. The third-order valence-electron chi connectivity index (χ3n) is 2.01. The van der Waals surface area contributed by atoms with Crippen LogP contribution in [0, 0.1) is 9.39 Å². The zero-order valence-corrected chi connectivity index (χ0v) is 12.4. The Morgan fingerprint density at radius 1 is 1.41 bits per heavy atom. The minimum atomic E-state index is -0.325. The first-order chi connectivity index (χ1) is 7.65.